The number of benzene rings is 1. The summed E-state index contributed by atoms with van der Waals surface area (Å²) >= 11 is 3.13. The summed E-state index contributed by atoms with van der Waals surface area (Å²) in [7, 11) is 0. The monoisotopic (exact) mass is 363 g/mol. The molecule has 0 amide bonds. The minimum Gasteiger partial charge on any atom is -0.335 e. The van der Waals surface area contributed by atoms with Crippen molar-refractivity contribution in [2.45, 2.75) is 19.8 Å². The zero-order valence-corrected chi connectivity index (χ0v) is 12.6. The Morgan fingerprint density at radius 1 is 1.00 bits per heavy atom. The van der Waals surface area contributed by atoms with Crippen LogP contribution in [0.3, 0.4) is 0 Å². The molecule has 1 aromatic heterocycles. The highest BCUT2D eigenvalue weighted by Crippen LogP contribution is 2.28. The summed E-state index contributed by atoms with van der Waals surface area (Å²) in [4.78, 5) is 8.12. The van der Waals surface area contributed by atoms with Crippen LogP contribution in [0.15, 0.2) is 16.7 Å². The fourth-order valence-electron chi connectivity index (χ4n) is 1.57. The van der Waals surface area contributed by atoms with Crippen LogP contribution < -0.4 is 5.32 Å². The summed E-state index contributed by atoms with van der Waals surface area (Å²) in [5, 5.41) is 2.25. The fourth-order valence-corrected chi connectivity index (χ4v) is 1.97. The van der Waals surface area contributed by atoms with Gasteiger partial charge >= 0.3 is 0 Å². The van der Waals surface area contributed by atoms with E-state index in [0.717, 1.165) is 0 Å². The first-order chi connectivity index (χ1) is 9.79. The van der Waals surface area contributed by atoms with Crippen LogP contribution in [0, 0.1) is 23.3 Å². The minimum atomic E-state index is -1.52. The lowest BCUT2D eigenvalue weighted by Crippen LogP contribution is -2.06. The van der Waals surface area contributed by atoms with Gasteiger partial charge in [0.2, 0.25) is 0 Å². The zero-order chi connectivity index (χ0) is 15.7. The Morgan fingerprint density at radius 3 is 2.10 bits per heavy atom. The lowest BCUT2D eigenvalue weighted by atomic mass is 10.2. The lowest BCUT2D eigenvalue weighted by Gasteiger charge is -2.11. The molecule has 0 aliphatic rings. The third-order valence-corrected chi connectivity index (χ3v) is 3.00. The Balaban J connectivity index is 2.48. The highest BCUT2D eigenvalue weighted by molar-refractivity contribution is 9.10. The van der Waals surface area contributed by atoms with Crippen LogP contribution in [0.5, 0.6) is 0 Å². The van der Waals surface area contributed by atoms with Gasteiger partial charge in [0.15, 0.2) is 23.3 Å². The number of hydrogen-bond acceptors (Lipinski definition) is 3. The van der Waals surface area contributed by atoms with Crippen LogP contribution in [-0.4, -0.2) is 9.97 Å². The molecule has 0 atom stereocenters. The highest BCUT2D eigenvalue weighted by atomic mass is 79.9. The number of aromatic nitrogens is 2. The number of halogens is 5. The first-order valence-corrected chi connectivity index (χ1v) is 6.73. The maximum Gasteiger partial charge on any atom is 0.185 e. The van der Waals surface area contributed by atoms with Crippen molar-refractivity contribution in [1.82, 2.24) is 9.97 Å². The summed E-state index contributed by atoms with van der Waals surface area (Å²) in [6.07, 6.45) is 0. The molecule has 0 saturated carbocycles. The summed E-state index contributed by atoms with van der Waals surface area (Å²) < 4.78 is 53.8. The highest BCUT2D eigenvalue weighted by Gasteiger charge is 2.20. The van der Waals surface area contributed by atoms with Gasteiger partial charge in [0.05, 0.1) is 0 Å². The van der Waals surface area contributed by atoms with E-state index in [4.69, 9.17) is 0 Å². The third kappa shape index (κ3) is 3.31. The molecule has 1 aromatic carbocycles. The van der Waals surface area contributed by atoms with E-state index in [0.29, 0.717) is 10.4 Å². The molecule has 1 heterocycles. The van der Waals surface area contributed by atoms with Crippen molar-refractivity contribution in [3.8, 4) is 0 Å². The molecule has 2 aromatic rings. The number of hydrogen-bond donors (Lipinski definition) is 1. The van der Waals surface area contributed by atoms with Crippen molar-refractivity contribution in [2.75, 3.05) is 5.32 Å². The van der Waals surface area contributed by atoms with E-state index in [-0.39, 0.29) is 17.8 Å². The number of nitrogens with one attached hydrogen (secondary N) is 1. The fraction of sp³-hybridized carbons (Fsp3) is 0.231. The molecule has 0 unspecified atom stereocenters. The predicted octanol–water partition coefficient (Wildman–Crippen LogP) is 4.66. The molecule has 1 N–H and O–H groups in total. The Hall–Kier alpha value is -1.70. The molecule has 0 bridgehead atoms. The molecule has 0 aliphatic carbocycles. The van der Waals surface area contributed by atoms with E-state index in [1.54, 1.807) is 0 Å². The summed E-state index contributed by atoms with van der Waals surface area (Å²) in [6.45, 7) is 3.66. The normalized spacial score (nSPS) is 11.0. The molecule has 0 fully saturated rings. The van der Waals surface area contributed by atoms with E-state index >= 15 is 0 Å². The van der Waals surface area contributed by atoms with Gasteiger partial charge in [-0.2, -0.15) is 0 Å². The second-order valence-corrected chi connectivity index (χ2v) is 5.37. The number of rotatable bonds is 3. The Morgan fingerprint density at radius 2 is 1.57 bits per heavy atom. The van der Waals surface area contributed by atoms with E-state index in [9.17, 15) is 17.6 Å². The Labute approximate surface area is 126 Å². The lowest BCUT2D eigenvalue weighted by molar-refractivity contribution is 0.459. The summed E-state index contributed by atoms with van der Waals surface area (Å²) in [5.74, 6) is -5.64. The van der Waals surface area contributed by atoms with E-state index < -0.39 is 29.0 Å². The van der Waals surface area contributed by atoms with Crippen molar-refractivity contribution in [2.24, 2.45) is 0 Å². The predicted molar refractivity (Wildman–Crippen MR) is 73.4 cm³/mol. The van der Waals surface area contributed by atoms with E-state index in [1.165, 1.54) is 6.07 Å². The maximum atomic E-state index is 13.6. The van der Waals surface area contributed by atoms with E-state index in [2.05, 4.69) is 31.2 Å². The second-order valence-electron chi connectivity index (χ2n) is 4.56. The van der Waals surface area contributed by atoms with Gasteiger partial charge in [0.1, 0.15) is 21.9 Å². The van der Waals surface area contributed by atoms with Gasteiger partial charge in [-0.15, -0.1) is 0 Å². The van der Waals surface area contributed by atoms with Crippen molar-refractivity contribution >= 4 is 27.4 Å². The van der Waals surface area contributed by atoms with Gasteiger partial charge < -0.3 is 5.32 Å². The van der Waals surface area contributed by atoms with Crippen molar-refractivity contribution in [3.63, 3.8) is 0 Å². The zero-order valence-electron chi connectivity index (χ0n) is 11.0. The van der Waals surface area contributed by atoms with Gasteiger partial charge in [-0.1, -0.05) is 13.8 Å². The standard InChI is InChI=1S/C13H10BrF4N3/c1-5(2)13-19-8(14)4-9(21-13)20-12-10(17)6(15)3-7(16)11(12)18/h3-5H,1-2H3,(H,19,20,21). The number of nitrogens with zero attached hydrogens (tertiary/aromatic N) is 2. The molecular weight excluding hydrogens is 354 g/mol. The van der Waals surface area contributed by atoms with Crippen LogP contribution in [0.4, 0.5) is 29.1 Å². The van der Waals surface area contributed by atoms with Gasteiger partial charge in [0.25, 0.3) is 0 Å². The molecule has 3 nitrogen and oxygen atoms in total. The smallest absolute Gasteiger partial charge is 0.185 e. The maximum absolute atomic E-state index is 13.6. The summed E-state index contributed by atoms with van der Waals surface area (Å²) in [6, 6.07) is 1.48. The molecule has 2 rings (SSSR count). The van der Waals surface area contributed by atoms with Crippen LogP contribution in [0.2, 0.25) is 0 Å². The summed E-state index contributed by atoms with van der Waals surface area (Å²) in [5.41, 5.74) is -0.937. The van der Waals surface area contributed by atoms with Crippen LogP contribution in [0.25, 0.3) is 0 Å². The Kier molecular flexibility index (Phi) is 4.46. The van der Waals surface area contributed by atoms with Crippen LogP contribution >= 0.6 is 15.9 Å². The first kappa shape index (κ1) is 15.7. The molecule has 0 spiro atoms. The second kappa shape index (κ2) is 5.97. The first-order valence-electron chi connectivity index (χ1n) is 5.94. The van der Waals surface area contributed by atoms with Crippen molar-refractivity contribution in [1.29, 1.82) is 0 Å². The largest absolute Gasteiger partial charge is 0.335 e. The molecule has 112 valence electrons. The van der Waals surface area contributed by atoms with E-state index in [1.807, 2.05) is 13.8 Å². The van der Waals surface area contributed by atoms with Gasteiger partial charge in [-0.05, 0) is 15.9 Å². The van der Waals surface area contributed by atoms with Crippen LogP contribution in [0.1, 0.15) is 25.6 Å². The third-order valence-electron chi connectivity index (χ3n) is 2.59. The SMILES string of the molecule is CC(C)c1nc(Br)cc(Nc2c(F)c(F)cc(F)c2F)n1. The molecule has 21 heavy (non-hydrogen) atoms. The molecule has 0 saturated heterocycles. The quantitative estimate of drug-likeness (QED) is 0.489. The van der Waals surface area contributed by atoms with Gasteiger partial charge in [0, 0.05) is 18.1 Å². The molecule has 0 aliphatic heterocycles. The average molecular weight is 364 g/mol. The molecular formula is C13H10BrF4N3. The minimum absolute atomic E-state index is 0.0170. The van der Waals surface area contributed by atoms with Gasteiger partial charge in [-0.25, -0.2) is 27.5 Å². The van der Waals surface area contributed by atoms with Crippen molar-refractivity contribution < 1.29 is 17.6 Å². The van der Waals surface area contributed by atoms with Crippen LogP contribution in [-0.2, 0) is 0 Å². The Bertz CT molecular complexity index is 665. The molecule has 0 radical (unpaired) electrons. The van der Waals surface area contributed by atoms with Gasteiger partial charge in [-0.3, -0.25) is 0 Å². The average Bonchev–Trinajstić information content (AvgIpc) is 2.41. The topological polar surface area (TPSA) is 37.8 Å². The van der Waals surface area contributed by atoms with Crippen molar-refractivity contribution in [3.05, 3.63) is 45.8 Å². The number of anilines is 2. The molecule has 8 heteroatoms.